The lowest BCUT2D eigenvalue weighted by Gasteiger charge is -2.08. The summed E-state index contributed by atoms with van der Waals surface area (Å²) < 4.78 is 1.89. The first-order valence-electron chi connectivity index (χ1n) is 7.72. The van der Waals surface area contributed by atoms with Crippen molar-refractivity contribution in [1.82, 2.24) is 14.5 Å². The molecule has 1 aliphatic rings. The molecule has 0 aliphatic carbocycles. The van der Waals surface area contributed by atoms with Crippen LogP contribution in [0.2, 0.25) is 10.0 Å². The van der Waals surface area contributed by atoms with Crippen LogP contribution in [0.1, 0.15) is 11.4 Å². The monoisotopic (exact) mass is 402 g/mol. The van der Waals surface area contributed by atoms with Gasteiger partial charge in [0.1, 0.15) is 16.4 Å². The lowest BCUT2D eigenvalue weighted by molar-refractivity contribution is -0.115. The molecule has 0 fully saturated rings. The minimum atomic E-state index is -0.157. The number of rotatable bonds is 3. The van der Waals surface area contributed by atoms with Gasteiger partial charge in [-0.1, -0.05) is 41.0 Å². The van der Waals surface area contributed by atoms with E-state index >= 15 is 0 Å². The Hall–Kier alpha value is -2.15. The summed E-state index contributed by atoms with van der Waals surface area (Å²) in [6, 6.07) is 9.00. The molecule has 1 aromatic carbocycles. The summed E-state index contributed by atoms with van der Waals surface area (Å²) in [7, 11) is 1.89. The molecule has 0 N–H and O–H groups in total. The van der Waals surface area contributed by atoms with E-state index in [2.05, 4.69) is 15.0 Å². The Kier molecular flexibility index (Phi) is 4.56. The number of aliphatic imine (C=N–C) groups is 1. The average Bonchev–Trinajstić information content (AvgIpc) is 3.19. The summed E-state index contributed by atoms with van der Waals surface area (Å²) in [6.07, 6.45) is 3.60. The van der Waals surface area contributed by atoms with Crippen molar-refractivity contribution in [3.63, 3.8) is 0 Å². The van der Waals surface area contributed by atoms with Gasteiger partial charge in [0.2, 0.25) is 0 Å². The first kappa shape index (κ1) is 17.3. The van der Waals surface area contributed by atoms with Gasteiger partial charge in [-0.3, -0.25) is 4.79 Å². The summed E-state index contributed by atoms with van der Waals surface area (Å²) in [5.74, 6) is 0.837. The normalized spacial score (nSPS) is 15.0. The molecule has 5 nitrogen and oxygen atoms in total. The highest BCUT2D eigenvalue weighted by Gasteiger charge is 2.24. The van der Waals surface area contributed by atoms with Gasteiger partial charge in [0.15, 0.2) is 5.65 Å². The van der Waals surface area contributed by atoms with Crippen molar-refractivity contribution >= 4 is 68.7 Å². The summed E-state index contributed by atoms with van der Waals surface area (Å²) in [5.41, 5.74) is 3.03. The Labute approximate surface area is 163 Å². The van der Waals surface area contributed by atoms with Crippen LogP contribution in [0.4, 0.5) is 0 Å². The first-order valence-corrected chi connectivity index (χ1v) is 9.46. The van der Waals surface area contributed by atoms with Gasteiger partial charge in [0, 0.05) is 23.3 Å². The van der Waals surface area contributed by atoms with E-state index in [9.17, 15) is 4.79 Å². The topological polar surface area (TPSA) is 60.1 Å². The number of benzene rings is 1. The molecule has 2 aromatic heterocycles. The molecule has 1 aliphatic heterocycles. The minimum absolute atomic E-state index is 0.157. The fourth-order valence-corrected chi connectivity index (χ4v) is 3.97. The van der Waals surface area contributed by atoms with Crippen LogP contribution in [-0.4, -0.2) is 31.2 Å². The van der Waals surface area contributed by atoms with E-state index in [0.29, 0.717) is 26.7 Å². The van der Waals surface area contributed by atoms with E-state index in [1.165, 1.54) is 11.8 Å². The number of hydrogen-bond donors (Lipinski definition) is 0. The molecule has 1 amide bonds. The quantitative estimate of drug-likeness (QED) is 0.647. The summed E-state index contributed by atoms with van der Waals surface area (Å²) in [4.78, 5) is 24.9. The maximum Gasteiger partial charge on any atom is 0.257 e. The predicted molar refractivity (Wildman–Crippen MR) is 108 cm³/mol. The zero-order valence-electron chi connectivity index (χ0n) is 13.6. The van der Waals surface area contributed by atoms with E-state index in [0.717, 1.165) is 22.3 Å². The van der Waals surface area contributed by atoms with Crippen molar-refractivity contribution in [3.05, 3.63) is 58.0 Å². The van der Waals surface area contributed by atoms with E-state index in [4.69, 9.17) is 23.2 Å². The largest absolute Gasteiger partial charge is 0.312 e. The summed E-state index contributed by atoms with van der Waals surface area (Å²) >= 11 is 13.7. The molecule has 4 rings (SSSR count). The second kappa shape index (κ2) is 6.87. The number of carbonyl (C=O) groups excluding carboxylic acids is 1. The fourth-order valence-electron chi connectivity index (χ4n) is 2.71. The third-order valence-corrected chi connectivity index (χ3v) is 5.46. The lowest BCUT2D eigenvalue weighted by atomic mass is 10.1. The van der Waals surface area contributed by atoms with Crippen LogP contribution >= 0.6 is 35.0 Å². The third-order valence-electron chi connectivity index (χ3n) is 3.92. The number of aryl methyl sites for hydroxylation is 1. The van der Waals surface area contributed by atoms with Crippen LogP contribution < -0.4 is 0 Å². The molecule has 0 spiro atoms. The minimum Gasteiger partial charge on any atom is -0.312 e. The number of halogens is 2. The molecule has 0 saturated heterocycles. The van der Waals surface area contributed by atoms with Crippen LogP contribution in [0.25, 0.3) is 22.8 Å². The van der Waals surface area contributed by atoms with Crippen molar-refractivity contribution in [1.29, 1.82) is 0 Å². The Morgan fingerprint density at radius 2 is 2.15 bits per heavy atom. The number of aromatic nitrogens is 3. The third kappa shape index (κ3) is 3.16. The van der Waals surface area contributed by atoms with E-state index in [1.54, 1.807) is 18.3 Å². The summed E-state index contributed by atoms with van der Waals surface area (Å²) in [6.45, 7) is 0. The smallest absolute Gasteiger partial charge is 0.257 e. The van der Waals surface area contributed by atoms with Crippen LogP contribution in [-0.2, 0) is 11.8 Å². The molecule has 0 bridgehead atoms. The number of imidazole rings is 1. The van der Waals surface area contributed by atoms with Gasteiger partial charge in [0.25, 0.3) is 5.91 Å². The van der Waals surface area contributed by atoms with Crippen LogP contribution in [0.3, 0.4) is 0 Å². The van der Waals surface area contributed by atoms with Crippen molar-refractivity contribution < 1.29 is 4.79 Å². The van der Waals surface area contributed by atoms with Crippen molar-refractivity contribution in [3.8, 4) is 0 Å². The number of nitrogens with zero attached hydrogens (tertiary/aromatic N) is 4. The van der Waals surface area contributed by atoms with Gasteiger partial charge in [-0.25, -0.2) is 15.0 Å². The highest BCUT2D eigenvalue weighted by Crippen LogP contribution is 2.32. The van der Waals surface area contributed by atoms with Gasteiger partial charge in [-0.05, 0) is 35.9 Å². The Morgan fingerprint density at radius 1 is 1.31 bits per heavy atom. The van der Waals surface area contributed by atoms with Crippen molar-refractivity contribution in [2.45, 2.75) is 0 Å². The Morgan fingerprint density at radius 3 is 2.85 bits per heavy atom. The molecule has 0 unspecified atom stereocenters. The predicted octanol–water partition coefficient (Wildman–Crippen LogP) is 4.49. The molecular weight excluding hydrogens is 391 g/mol. The standard InChI is InChI=1S/C18H12Cl2N4OS/c1-24-16(22-14-3-2-6-21-17(14)24)12(18-23-15(25)9-26-18)7-10-4-5-11(19)8-13(10)20/h2-8H,9H2,1H3/b12-7-. The van der Waals surface area contributed by atoms with Gasteiger partial charge in [-0.15, -0.1) is 0 Å². The zero-order chi connectivity index (χ0) is 18.3. The molecule has 0 atom stereocenters. The highest BCUT2D eigenvalue weighted by atomic mass is 35.5. The second-order valence-electron chi connectivity index (χ2n) is 5.66. The number of amides is 1. The van der Waals surface area contributed by atoms with Crippen LogP contribution in [0.15, 0.2) is 41.5 Å². The molecule has 26 heavy (non-hydrogen) atoms. The zero-order valence-corrected chi connectivity index (χ0v) is 15.9. The molecule has 130 valence electrons. The molecule has 3 heterocycles. The number of fused-ring (bicyclic) bond motifs is 1. The molecule has 3 aromatic rings. The molecular formula is C18H12Cl2N4OS. The van der Waals surface area contributed by atoms with Gasteiger partial charge < -0.3 is 4.57 Å². The number of thioether (sulfide) groups is 1. The van der Waals surface area contributed by atoms with E-state index in [1.807, 2.05) is 35.9 Å². The Bertz CT molecular complexity index is 1100. The SMILES string of the molecule is Cn1c(/C(=C/c2ccc(Cl)cc2Cl)C2=NC(=O)CS2)nc2cccnc21. The molecule has 0 radical (unpaired) electrons. The molecule has 0 saturated carbocycles. The average molecular weight is 403 g/mol. The first-order chi connectivity index (χ1) is 12.5. The van der Waals surface area contributed by atoms with Crippen LogP contribution in [0.5, 0.6) is 0 Å². The maximum atomic E-state index is 11.7. The Balaban J connectivity index is 1.93. The van der Waals surface area contributed by atoms with Gasteiger partial charge >= 0.3 is 0 Å². The van der Waals surface area contributed by atoms with Crippen LogP contribution in [0, 0.1) is 0 Å². The lowest BCUT2D eigenvalue weighted by Crippen LogP contribution is -2.04. The van der Waals surface area contributed by atoms with E-state index < -0.39 is 0 Å². The highest BCUT2D eigenvalue weighted by molar-refractivity contribution is 8.16. The van der Waals surface area contributed by atoms with Crippen molar-refractivity contribution in [2.75, 3.05) is 5.75 Å². The number of carbonyl (C=O) groups is 1. The van der Waals surface area contributed by atoms with Gasteiger partial charge in [0.05, 0.1) is 11.3 Å². The van der Waals surface area contributed by atoms with Gasteiger partial charge in [-0.2, -0.15) is 0 Å². The number of hydrogen-bond acceptors (Lipinski definition) is 4. The molecule has 8 heteroatoms. The summed E-state index contributed by atoms with van der Waals surface area (Å²) in [5, 5.41) is 1.70. The van der Waals surface area contributed by atoms with E-state index in [-0.39, 0.29) is 5.91 Å². The second-order valence-corrected chi connectivity index (χ2v) is 7.47. The van der Waals surface area contributed by atoms with Crippen molar-refractivity contribution in [2.24, 2.45) is 12.0 Å². The fraction of sp³-hybridized carbons (Fsp3) is 0.111. The maximum absolute atomic E-state index is 11.7. The number of pyridine rings is 1.